The number of rotatable bonds is 2. The smallest absolute Gasteiger partial charge is 0.156 e. The number of hydrogen-bond donors (Lipinski definition) is 2. The Morgan fingerprint density at radius 1 is 1.41 bits per heavy atom. The summed E-state index contributed by atoms with van der Waals surface area (Å²) in [5.41, 5.74) is 1.80. The second kappa shape index (κ2) is 4.33. The van der Waals surface area contributed by atoms with E-state index in [1.54, 1.807) is 0 Å². The van der Waals surface area contributed by atoms with E-state index in [1.165, 1.54) is 12.8 Å². The second-order valence-electron chi connectivity index (χ2n) is 4.49. The Morgan fingerprint density at radius 3 is 3.00 bits per heavy atom. The maximum absolute atomic E-state index is 4.62. The molecule has 1 saturated heterocycles. The van der Waals surface area contributed by atoms with Crippen molar-refractivity contribution in [1.29, 1.82) is 0 Å². The normalized spacial score (nSPS) is 17.8. The van der Waals surface area contributed by atoms with Gasteiger partial charge in [0.05, 0.1) is 6.20 Å². The van der Waals surface area contributed by atoms with Crippen LogP contribution >= 0.6 is 0 Å². The van der Waals surface area contributed by atoms with Gasteiger partial charge in [-0.15, -0.1) is 0 Å². The topological polar surface area (TPSA) is 56.8 Å². The minimum atomic E-state index is 0.648. The highest BCUT2D eigenvalue weighted by Gasteiger charge is 2.19. The molecule has 0 saturated carbocycles. The van der Waals surface area contributed by atoms with Gasteiger partial charge in [0, 0.05) is 25.3 Å². The van der Waals surface area contributed by atoms with Crippen LogP contribution in [0.25, 0.3) is 11.2 Å². The molecule has 0 amide bonds. The van der Waals surface area contributed by atoms with Crippen LogP contribution in [0, 0.1) is 0 Å². The standard InChI is InChI=1S/C12H17N5/c1-13-9-3-6-17(7-4-9)11-8-15-12-10(16-11)2-5-14-12/h2,5,8-9,13H,3-4,6-7H2,1H3,(H,14,15). The molecule has 0 aromatic carbocycles. The van der Waals surface area contributed by atoms with E-state index in [0.717, 1.165) is 30.1 Å². The molecule has 1 fully saturated rings. The zero-order valence-electron chi connectivity index (χ0n) is 9.98. The first-order valence-corrected chi connectivity index (χ1v) is 6.09. The molecular weight excluding hydrogens is 214 g/mol. The number of fused-ring (bicyclic) bond motifs is 1. The molecule has 2 N–H and O–H groups in total. The minimum Gasteiger partial charge on any atom is -0.355 e. The van der Waals surface area contributed by atoms with Gasteiger partial charge in [0.15, 0.2) is 5.65 Å². The van der Waals surface area contributed by atoms with E-state index >= 15 is 0 Å². The fourth-order valence-electron chi connectivity index (χ4n) is 2.37. The lowest BCUT2D eigenvalue weighted by atomic mass is 10.1. The molecule has 3 heterocycles. The minimum absolute atomic E-state index is 0.648. The lowest BCUT2D eigenvalue weighted by Crippen LogP contribution is -2.41. The fourth-order valence-corrected chi connectivity index (χ4v) is 2.37. The molecule has 0 radical (unpaired) electrons. The first kappa shape index (κ1) is 10.5. The van der Waals surface area contributed by atoms with Crippen LogP contribution in [0.4, 0.5) is 5.82 Å². The summed E-state index contributed by atoms with van der Waals surface area (Å²) in [5, 5.41) is 3.33. The molecule has 17 heavy (non-hydrogen) atoms. The van der Waals surface area contributed by atoms with Crippen LogP contribution in [0.1, 0.15) is 12.8 Å². The van der Waals surface area contributed by atoms with Crippen molar-refractivity contribution in [2.75, 3.05) is 25.0 Å². The van der Waals surface area contributed by atoms with Gasteiger partial charge in [-0.3, -0.25) is 0 Å². The van der Waals surface area contributed by atoms with E-state index in [2.05, 4.69) is 25.2 Å². The molecule has 2 aromatic rings. The monoisotopic (exact) mass is 231 g/mol. The summed E-state index contributed by atoms with van der Waals surface area (Å²) < 4.78 is 0. The molecule has 5 heteroatoms. The number of aromatic amines is 1. The van der Waals surface area contributed by atoms with Gasteiger partial charge in [0.1, 0.15) is 11.3 Å². The Labute approximate surface area is 100 Å². The van der Waals surface area contributed by atoms with Crippen molar-refractivity contribution in [2.24, 2.45) is 0 Å². The summed E-state index contributed by atoms with van der Waals surface area (Å²) in [4.78, 5) is 14.4. The fraction of sp³-hybridized carbons (Fsp3) is 0.500. The molecule has 0 aliphatic carbocycles. The van der Waals surface area contributed by atoms with Crippen molar-refractivity contribution in [3.05, 3.63) is 18.5 Å². The van der Waals surface area contributed by atoms with Crippen LogP contribution in [-0.2, 0) is 0 Å². The van der Waals surface area contributed by atoms with Crippen molar-refractivity contribution >= 4 is 17.0 Å². The molecule has 1 aliphatic rings. The van der Waals surface area contributed by atoms with Gasteiger partial charge in [-0.1, -0.05) is 0 Å². The van der Waals surface area contributed by atoms with Crippen LogP contribution < -0.4 is 10.2 Å². The number of nitrogens with zero attached hydrogens (tertiary/aromatic N) is 3. The highest BCUT2D eigenvalue weighted by atomic mass is 15.2. The molecule has 1 aliphatic heterocycles. The van der Waals surface area contributed by atoms with Gasteiger partial charge >= 0.3 is 0 Å². The quantitative estimate of drug-likeness (QED) is 0.814. The van der Waals surface area contributed by atoms with Crippen LogP contribution in [0.3, 0.4) is 0 Å². The van der Waals surface area contributed by atoms with Gasteiger partial charge in [-0.25, -0.2) is 9.97 Å². The van der Waals surface area contributed by atoms with Crippen molar-refractivity contribution in [3.8, 4) is 0 Å². The predicted octanol–water partition coefficient (Wildman–Crippen LogP) is 1.15. The van der Waals surface area contributed by atoms with E-state index < -0.39 is 0 Å². The molecule has 5 nitrogen and oxygen atoms in total. The van der Waals surface area contributed by atoms with Crippen molar-refractivity contribution in [3.63, 3.8) is 0 Å². The maximum atomic E-state index is 4.62. The number of aromatic nitrogens is 3. The van der Waals surface area contributed by atoms with Gasteiger partial charge < -0.3 is 15.2 Å². The first-order valence-electron chi connectivity index (χ1n) is 6.09. The lowest BCUT2D eigenvalue weighted by Gasteiger charge is -2.32. The van der Waals surface area contributed by atoms with E-state index in [0.29, 0.717) is 6.04 Å². The van der Waals surface area contributed by atoms with Crippen molar-refractivity contribution < 1.29 is 0 Å². The third kappa shape index (κ3) is 1.98. The summed E-state index contributed by atoms with van der Waals surface area (Å²) in [6.45, 7) is 2.10. The summed E-state index contributed by atoms with van der Waals surface area (Å²) in [5.74, 6) is 0.992. The Hall–Kier alpha value is -1.62. The Balaban J connectivity index is 1.79. The lowest BCUT2D eigenvalue weighted by molar-refractivity contribution is 0.441. The molecular formula is C12H17N5. The average Bonchev–Trinajstić information content (AvgIpc) is 2.86. The van der Waals surface area contributed by atoms with E-state index in [4.69, 9.17) is 0 Å². The SMILES string of the molecule is CNC1CCN(c2cnc3[nH]ccc3n2)CC1. The molecule has 0 bridgehead atoms. The van der Waals surface area contributed by atoms with Gasteiger partial charge in [-0.05, 0) is 26.0 Å². The number of H-pyrrole nitrogens is 1. The molecule has 0 unspecified atom stereocenters. The Kier molecular flexibility index (Phi) is 2.68. The summed E-state index contributed by atoms with van der Waals surface area (Å²) in [6.07, 6.45) is 6.08. The third-order valence-corrected chi connectivity index (χ3v) is 3.48. The third-order valence-electron chi connectivity index (χ3n) is 3.48. The number of nitrogens with one attached hydrogen (secondary N) is 2. The zero-order valence-corrected chi connectivity index (χ0v) is 9.98. The molecule has 3 rings (SSSR count). The average molecular weight is 231 g/mol. The largest absolute Gasteiger partial charge is 0.355 e. The van der Waals surface area contributed by atoms with Crippen LogP contribution in [-0.4, -0.2) is 41.1 Å². The summed E-state index contributed by atoms with van der Waals surface area (Å²) in [7, 11) is 2.03. The predicted molar refractivity (Wildman–Crippen MR) is 68.2 cm³/mol. The van der Waals surface area contributed by atoms with Crippen LogP contribution in [0.15, 0.2) is 18.5 Å². The van der Waals surface area contributed by atoms with Gasteiger partial charge in [-0.2, -0.15) is 0 Å². The summed E-state index contributed by atoms with van der Waals surface area (Å²) >= 11 is 0. The molecule has 0 spiro atoms. The second-order valence-corrected chi connectivity index (χ2v) is 4.49. The number of piperidine rings is 1. The van der Waals surface area contributed by atoms with E-state index in [1.807, 2.05) is 25.5 Å². The molecule has 2 aromatic heterocycles. The number of anilines is 1. The summed E-state index contributed by atoms with van der Waals surface area (Å²) in [6, 6.07) is 2.61. The van der Waals surface area contributed by atoms with Gasteiger partial charge in [0.2, 0.25) is 0 Å². The van der Waals surface area contributed by atoms with Crippen LogP contribution in [0.5, 0.6) is 0 Å². The zero-order chi connectivity index (χ0) is 11.7. The highest BCUT2D eigenvalue weighted by molar-refractivity contribution is 5.71. The van der Waals surface area contributed by atoms with Crippen LogP contribution in [0.2, 0.25) is 0 Å². The number of hydrogen-bond acceptors (Lipinski definition) is 4. The molecule has 90 valence electrons. The van der Waals surface area contributed by atoms with E-state index in [9.17, 15) is 0 Å². The van der Waals surface area contributed by atoms with E-state index in [-0.39, 0.29) is 0 Å². The maximum Gasteiger partial charge on any atom is 0.156 e. The highest BCUT2D eigenvalue weighted by Crippen LogP contribution is 2.19. The van der Waals surface area contributed by atoms with Crippen molar-refractivity contribution in [1.82, 2.24) is 20.3 Å². The van der Waals surface area contributed by atoms with Crippen molar-refractivity contribution in [2.45, 2.75) is 18.9 Å². The first-order chi connectivity index (χ1) is 8.36. The van der Waals surface area contributed by atoms with Gasteiger partial charge in [0.25, 0.3) is 0 Å². The Morgan fingerprint density at radius 2 is 2.24 bits per heavy atom. The molecule has 0 atom stereocenters. The Bertz CT molecular complexity index is 498.